The summed E-state index contributed by atoms with van der Waals surface area (Å²) in [4.78, 5) is 0. The van der Waals surface area contributed by atoms with Crippen LogP contribution in [0.5, 0.6) is 0 Å². The molecule has 1 aliphatic heterocycles. The van der Waals surface area contributed by atoms with Crippen LogP contribution in [0.4, 0.5) is 0 Å². The fourth-order valence-electron chi connectivity index (χ4n) is 3.15. The molecule has 2 N–H and O–H groups in total. The van der Waals surface area contributed by atoms with Crippen LogP contribution in [0.25, 0.3) is 0 Å². The first-order valence-electron chi connectivity index (χ1n) is 7.40. The van der Waals surface area contributed by atoms with Crippen LogP contribution in [-0.2, 0) is 13.0 Å². The van der Waals surface area contributed by atoms with Crippen molar-refractivity contribution in [3.63, 3.8) is 0 Å². The number of nitrogens with one attached hydrogen (secondary N) is 2. The van der Waals surface area contributed by atoms with Gasteiger partial charge in [0.25, 0.3) is 0 Å². The minimum atomic E-state index is 0.614. The maximum atomic E-state index is 3.73. The summed E-state index contributed by atoms with van der Waals surface area (Å²) in [5.74, 6) is 0.964. The van der Waals surface area contributed by atoms with Gasteiger partial charge in [0.05, 0.1) is 0 Å². The fourth-order valence-corrected chi connectivity index (χ4v) is 3.15. The second kappa shape index (κ2) is 5.41. The highest BCUT2D eigenvalue weighted by molar-refractivity contribution is 5.29. The van der Waals surface area contributed by atoms with Crippen LogP contribution in [-0.4, -0.2) is 18.6 Å². The van der Waals surface area contributed by atoms with E-state index in [1.165, 1.54) is 36.8 Å². The van der Waals surface area contributed by atoms with Gasteiger partial charge >= 0.3 is 0 Å². The van der Waals surface area contributed by atoms with Crippen molar-refractivity contribution in [2.75, 3.05) is 6.54 Å². The Morgan fingerprint density at radius 1 is 1.28 bits per heavy atom. The highest BCUT2D eigenvalue weighted by atomic mass is 15.0. The van der Waals surface area contributed by atoms with Crippen molar-refractivity contribution < 1.29 is 0 Å². The lowest BCUT2D eigenvalue weighted by atomic mass is 9.96. The number of fused-ring (bicyclic) bond motifs is 1. The molecule has 0 bridgehead atoms. The van der Waals surface area contributed by atoms with E-state index in [-0.39, 0.29) is 0 Å². The molecule has 2 nitrogen and oxygen atoms in total. The summed E-state index contributed by atoms with van der Waals surface area (Å²) in [5, 5.41) is 7.37. The van der Waals surface area contributed by atoms with Crippen LogP contribution in [0.15, 0.2) is 24.3 Å². The molecular formula is C16H24N2. The molecule has 3 atom stereocenters. The number of hydrogen-bond acceptors (Lipinski definition) is 2. The topological polar surface area (TPSA) is 24.1 Å². The standard InChI is InChI=1S/C16H24N2/c1-2-5-13-9-16(13)18-11-15-8-12-6-3-4-7-14(12)10-17-15/h3-4,6-7,13,15-18H,2,5,8-11H2,1H3/t13?,15-,16?/m0/s1. The Hall–Kier alpha value is -0.860. The minimum Gasteiger partial charge on any atom is -0.312 e. The highest BCUT2D eigenvalue weighted by Gasteiger charge is 2.35. The van der Waals surface area contributed by atoms with Gasteiger partial charge in [-0.15, -0.1) is 0 Å². The van der Waals surface area contributed by atoms with Crippen molar-refractivity contribution in [2.24, 2.45) is 5.92 Å². The summed E-state index contributed by atoms with van der Waals surface area (Å²) in [5.41, 5.74) is 3.01. The third-order valence-electron chi connectivity index (χ3n) is 4.37. The monoisotopic (exact) mass is 244 g/mol. The van der Waals surface area contributed by atoms with Gasteiger partial charge in [0.1, 0.15) is 0 Å². The van der Waals surface area contributed by atoms with Crippen molar-refractivity contribution in [1.29, 1.82) is 0 Å². The van der Waals surface area contributed by atoms with Crippen molar-refractivity contribution in [3.8, 4) is 0 Å². The van der Waals surface area contributed by atoms with E-state index in [9.17, 15) is 0 Å². The molecule has 1 aromatic rings. The van der Waals surface area contributed by atoms with E-state index in [4.69, 9.17) is 0 Å². The maximum absolute atomic E-state index is 3.73. The van der Waals surface area contributed by atoms with E-state index in [1.807, 2.05) is 0 Å². The van der Waals surface area contributed by atoms with Crippen LogP contribution in [0.1, 0.15) is 37.3 Å². The predicted molar refractivity (Wildman–Crippen MR) is 75.6 cm³/mol. The molecule has 1 aliphatic carbocycles. The van der Waals surface area contributed by atoms with Crippen molar-refractivity contribution in [1.82, 2.24) is 10.6 Å². The van der Waals surface area contributed by atoms with Gasteiger partial charge in [-0.25, -0.2) is 0 Å². The quantitative estimate of drug-likeness (QED) is 0.831. The van der Waals surface area contributed by atoms with Gasteiger partial charge < -0.3 is 10.6 Å². The zero-order valence-electron chi connectivity index (χ0n) is 11.3. The van der Waals surface area contributed by atoms with Crippen molar-refractivity contribution in [2.45, 2.75) is 51.2 Å². The lowest BCUT2D eigenvalue weighted by Gasteiger charge is -2.26. The van der Waals surface area contributed by atoms with Gasteiger partial charge in [-0.2, -0.15) is 0 Å². The lowest BCUT2D eigenvalue weighted by Crippen LogP contribution is -2.43. The third kappa shape index (κ3) is 2.76. The van der Waals surface area contributed by atoms with Gasteiger partial charge in [-0.05, 0) is 36.3 Å². The number of rotatable bonds is 5. The first kappa shape index (κ1) is 12.2. The number of benzene rings is 1. The Morgan fingerprint density at radius 3 is 2.94 bits per heavy atom. The molecule has 2 unspecified atom stereocenters. The second-order valence-electron chi connectivity index (χ2n) is 5.85. The third-order valence-corrected chi connectivity index (χ3v) is 4.37. The zero-order chi connectivity index (χ0) is 12.4. The molecule has 0 saturated heterocycles. The largest absolute Gasteiger partial charge is 0.312 e. The maximum Gasteiger partial charge on any atom is 0.0236 e. The summed E-state index contributed by atoms with van der Waals surface area (Å²) in [6, 6.07) is 10.2. The molecule has 1 fully saturated rings. The number of hydrogen-bond donors (Lipinski definition) is 2. The Morgan fingerprint density at radius 2 is 2.11 bits per heavy atom. The molecule has 0 aromatic heterocycles. The van der Waals surface area contributed by atoms with Gasteiger partial charge in [-0.3, -0.25) is 0 Å². The minimum absolute atomic E-state index is 0.614. The normalized spacial score (nSPS) is 29.9. The van der Waals surface area contributed by atoms with Crippen LogP contribution in [0, 0.1) is 5.92 Å². The lowest BCUT2D eigenvalue weighted by molar-refractivity contribution is 0.439. The summed E-state index contributed by atoms with van der Waals surface area (Å²) in [6.07, 6.45) is 5.31. The molecule has 1 aromatic carbocycles. The SMILES string of the molecule is CCCC1CC1NC[C@@H]1Cc2ccccc2CN1. The van der Waals surface area contributed by atoms with E-state index in [2.05, 4.69) is 41.8 Å². The molecular weight excluding hydrogens is 220 g/mol. The van der Waals surface area contributed by atoms with Gasteiger partial charge in [0.2, 0.25) is 0 Å². The zero-order valence-corrected chi connectivity index (χ0v) is 11.3. The average molecular weight is 244 g/mol. The molecule has 3 rings (SSSR count). The average Bonchev–Trinajstić information content (AvgIpc) is 3.15. The molecule has 0 spiro atoms. The van der Waals surface area contributed by atoms with E-state index < -0.39 is 0 Å². The predicted octanol–water partition coefficient (Wildman–Crippen LogP) is 2.48. The summed E-state index contributed by atoms with van der Waals surface area (Å²) in [7, 11) is 0. The molecule has 2 aliphatic rings. The Kier molecular flexibility index (Phi) is 3.67. The Labute approximate surface area is 110 Å². The molecule has 2 heteroatoms. The van der Waals surface area contributed by atoms with E-state index in [1.54, 1.807) is 0 Å². The van der Waals surface area contributed by atoms with Crippen LogP contribution in [0.2, 0.25) is 0 Å². The fraction of sp³-hybridized carbons (Fsp3) is 0.625. The summed E-state index contributed by atoms with van der Waals surface area (Å²) >= 11 is 0. The molecule has 98 valence electrons. The molecule has 1 heterocycles. The summed E-state index contributed by atoms with van der Waals surface area (Å²) in [6.45, 7) is 4.44. The highest BCUT2D eigenvalue weighted by Crippen LogP contribution is 2.34. The van der Waals surface area contributed by atoms with E-state index in [0.29, 0.717) is 6.04 Å². The first-order valence-corrected chi connectivity index (χ1v) is 7.40. The second-order valence-corrected chi connectivity index (χ2v) is 5.85. The molecule has 1 saturated carbocycles. The first-order chi connectivity index (χ1) is 8.86. The molecule has 18 heavy (non-hydrogen) atoms. The smallest absolute Gasteiger partial charge is 0.0236 e. The van der Waals surface area contributed by atoms with Crippen LogP contribution in [0.3, 0.4) is 0 Å². The van der Waals surface area contributed by atoms with Gasteiger partial charge in [0.15, 0.2) is 0 Å². The Bertz CT molecular complexity index is 402. The van der Waals surface area contributed by atoms with E-state index in [0.717, 1.165) is 25.0 Å². The van der Waals surface area contributed by atoms with E-state index >= 15 is 0 Å². The molecule has 0 radical (unpaired) electrons. The Balaban J connectivity index is 1.46. The van der Waals surface area contributed by atoms with Gasteiger partial charge in [0, 0.05) is 25.2 Å². The van der Waals surface area contributed by atoms with Crippen molar-refractivity contribution >= 4 is 0 Å². The van der Waals surface area contributed by atoms with Gasteiger partial charge in [-0.1, -0.05) is 37.6 Å². The summed E-state index contributed by atoms with van der Waals surface area (Å²) < 4.78 is 0. The van der Waals surface area contributed by atoms with Crippen LogP contribution >= 0.6 is 0 Å². The van der Waals surface area contributed by atoms with Crippen molar-refractivity contribution in [3.05, 3.63) is 35.4 Å². The molecule has 0 amide bonds. The van der Waals surface area contributed by atoms with Crippen LogP contribution < -0.4 is 10.6 Å².